The van der Waals surface area contributed by atoms with E-state index in [1.165, 1.54) is 0 Å². The van der Waals surface area contributed by atoms with Gasteiger partial charge in [0.05, 0.1) is 0 Å². The highest BCUT2D eigenvalue weighted by atomic mass is 15.0. The molecule has 0 atom stereocenters. The Kier molecular flexibility index (Phi) is 4.49. The number of hydrogen-bond acceptors (Lipinski definition) is 3. The first kappa shape index (κ1) is 13.9. The van der Waals surface area contributed by atoms with Crippen LogP contribution < -0.4 is 5.32 Å². The van der Waals surface area contributed by atoms with Gasteiger partial charge in [0, 0.05) is 23.7 Å². The zero-order valence-corrected chi connectivity index (χ0v) is 12.0. The Balaban J connectivity index is 3.10. The molecule has 3 nitrogen and oxygen atoms in total. The minimum absolute atomic E-state index is 0.00640. The minimum Gasteiger partial charge on any atom is -0.370 e. The third-order valence-electron chi connectivity index (χ3n) is 2.56. The zero-order chi connectivity index (χ0) is 13.1. The largest absolute Gasteiger partial charge is 0.370 e. The molecule has 96 valence electrons. The van der Waals surface area contributed by atoms with E-state index in [4.69, 9.17) is 0 Å². The topological polar surface area (TPSA) is 37.8 Å². The van der Waals surface area contributed by atoms with Gasteiger partial charge in [-0.3, -0.25) is 0 Å². The van der Waals surface area contributed by atoms with Crippen molar-refractivity contribution < 1.29 is 0 Å². The second-order valence-electron chi connectivity index (χ2n) is 5.83. The lowest BCUT2D eigenvalue weighted by molar-refractivity contribution is 0.539. The number of nitrogens with zero attached hydrogens (tertiary/aromatic N) is 2. The summed E-state index contributed by atoms with van der Waals surface area (Å²) in [5, 5.41) is 3.35. The van der Waals surface area contributed by atoms with E-state index < -0.39 is 0 Å². The fourth-order valence-corrected chi connectivity index (χ4v) is 1.44. The number of nitrogens with one attached hydrogen (secondary N) is 1. The lowest BCUT2D eigenvalue weighted by Crippen LogP contribution is -2.19. The number of hydrogen-bond donors (Lipinski definition) is 1. The summed E-state index contributed by atoms with van der Waals surface area (Å²) in [5.41, 5.74) is 1.11. The first-order valence-electron chi connectivity index (χ1n) is 6.48. The first-order valence-corrected chi connectivity index (χ1v) is 6.48. The highest BCUT2D eigenvalue weighted by Gasteiger charge is 2.19. The standard InChI is InChI=1S/C14H25N3/c1-7-8-15-12-9-11(10(2)3)16-13(17-12)14(4,5)6/h9-10H,7-8H2,1-6H3,(H,15,16,17). The van der Waals surface area contributed by atoms with Gasteiger partial charge in [0.1, 0.15) is 11.6 Å². The molecule has 0 saturated carbocycles. The van der Waals surface area contributed by atoms with Gasteiger partial charge in [-0.1, -0.05) is 41.5 Å². The smallest absolute Gasteiger partial charge is 0.136 e. The lowest BCUT2D eigenvalue weighted by atomic mass is 9.95. The van der Waals surface area contributed by atoms with Crippen molar-refractivity contribution in [1.29, 1.82) is 0 Å². The Morgan fingerprint density at radius 1 is 1.24 bits per heavy atom. The van der Waals surface area contributed by atoms with Crippen LogP contribution in [0.5, 0.6) is 0 Å². The Morgan fingerprint density at radius 2 is 1.88 bits per heavy atom. The van der Waals surface area contributed by atoms with Crippen LogP contribution in [0.3, 0.4) is 0 Å². The molecule has 0 radical (unpaired) electrons. The molecule has 0 aliphatic heterocycles. The van der Waals surface area contributed by atoms with Crippen molar-refractivity contribution in [1.82, 2.24) is 9.97 Å². The summed E-state index contributed by atoms with van der Waals surface area (Å²) in [6.07, 6.45) is 1.10. The molecule has 0 unspecified atom stereocenters. The van der Waals surface area contributed by atoms with Gasteiger partial charge in [-0.15, -0.1) is 0 Å². The Hall–Kier alpha value is -1.12. The summed E-state index contributed by atoms with van der Waals surface area (Å²) < 4.78 is 0. The van der Waals surface area contributed by atoms with Gasteiger partial charge in [-0.25, -0.2) is 9.97 Å². The van der Waals surface area contributed by atoms with Crippen molar-refractivity contribution in [2.24, 2.45) is 0 Å². The lowest BCUT2D eigenvalue weighted by Gasteiger charge is -2.19. The first-order chi connectivity index (χ1) is 7.84. The van der Waals surface area contributed by atoms with E-state index in [-0.39, 0.29) is 5.41 Å². The molecule has 0 aliphatic rings. The predicted molar refractivity (Wildman–Crippen MR) is 73.6 cm³/mol. The van der Waals surface area contributed by atoms with Gasteiger partial charge in [-0.05, 0) is 12.3 Å². The van der Waals surface area contributed by atoms with Crippen molar-refractivity contribution in [3.8, 4) is 0 Å². The molecule has 17 heavy (non-hydrogen) atoms. The Morgan fingerprint density at radius 3 is 2.35 bits per heavy atom. The van der Waals surface area contributed by atoms with Crippen LogP contribution in [0.25, 0.3) is 0 Å². The molecule has 1 rings (SSSR count). The molecule has 0 spiro atoms. The minimum atomic E-state index is -0.00640. The van der Waals surface area contributed by atoms with Gasteiger partial charge < -0.3 is 5.32 Å². The van der Waals surface area contributed by atoms with Gasteiger partial charge in [0.15, 0.2) is 0 Å². The SMILES string of the molecule is CCCNc1cc(C(C)C)nc(C(C)(C)C)n1. The fourth-order valence-electron chi connectivity index (χ4n) is 1.44. The molecule has 0 amide bonds. The van der Waals surface area contributed by atoms with E-state index in [0.29, 0.717) is 5.92 Å². The van der Waals surface area contributed by atoms with Crippen molar-refractivity contribution in [3.63, 3.8) is 0 Å². The van der Waals surface area contributed by atoms with Gasteiger partial charge in [-0.2, -0.15) is 0 Å². The zero-order valence-electron chi connectivity index (χ0n) is 12.0. The summed E-state index contributed by atoms with van der Waals surface area (Å²) in [5.74, 6) is 2.30. The number of aromatic nitrogens is 2. The van der Waals surface area contributed by atoms with Gasteiger partial charge >= 0.3 is 0 Å². The van der Waals surface area contributed by atoms with Gasteiger partial charge in [0.25, 0.3) is 0 Å². The molecular weight excluding hydrogens is 210 g/mol. The van der Waals surface area contributed by atoms with Crippen LogP contribution in [0.1, 0.15) is 65.4 Å². The van der Waals surface area contributed by atoms with E-state index in [9.17, 15) is 0 Å². The molecule has 1 aromatic heterocycles. The Labute approximate surface area is 105 Å². The highest BCUT2D eigenvalue weighted by molar-refractivity contribution is 5.37. The van der Waals surface area contributed by atoms with E-state index >= 15 is 0 Å². The van der Waals surface area contributed by atoms with E-state index in [1.54, 1.807) is 0 Å². The van der Waals surface area contributed by atoms with Crippen LogP contribution in [0, 0.1) is 0 Å². The average molecular weight is 235 g/mol. The van der Waals surface area contributed by atoms with Gasteiger partial charge in [0.2, 0.25) is 0 Å². The quantitative estimate of drug-likeness (QED) is 0.864. The van der Waals surface area contributed by atoms with Crippen LogP contribution in [-0.2, 0) is 5.41 Å². The van der Waals surface area contributed by atoms with Crippen LogP contribution in [-0.4, -0.2) is 16.5 Å². The second kappa shape index (κ2) is 5.48. The summed E-state index contributed by atoms with van der Waals surface area (Å²) in [4.78, 5) is 9.26. The third-order valence-corrected chi connectivity index (χ3v) is 2.56. The third kappa shape index (κ3) is 3.99. The molecule has 1 aromatic rings. The van der Waals surface area contributed by atoms with E-state index in [2.05, 4.69) is 62.9 Å². The summed E-state index contributed by atoms with van der Waals surface area (Å²) >= 11 is 0. The predicted octanol–water partition coefficient (Wildman–Crippen LogP) is 3.72. The van der Waals surface area contributed by atoms with Crippen molar-refractivity contribution in [2.75, 3.05) is 11.9 Å². The van der Waals surface area contributed by atoms with Crippen LogP contribution in [0.2, 0.25) is 0 Å². The second-order valence-corrected chi connectivity index (χ2v) is 5.83. The fraction of sp³-hybridized carbons (Fsp3) is 0.714. The molecule has 1 heterocycles. The number of anilines is 1. The molecule has 0 fully saturated rings. The normalized spacial score (nSPS) is 11.9. The summed E-state index contributed by atoms with van der Waals surface area (Å²) in [6, 6.07) is 2.07. The average Bonchev–Trinajstić information content (AvgIpc) is 2.24. The van der Waals surface area contributed by atoms with Crippen molar-refractivity contribution in [3.05, 3.63) is 17.6 Å². The Bertz CT molecular complexity index is 364. The highest BCUT2D eigenvalue weighted by Crippen LogP contribution is 2.23. The van der Waals surface area contributed by atoms with Crippen LogP contribution in [0.15, 0.2) is 6.07 Å². The van der Waals surface area contributed by atoms with Crippen LogP contribution in [0.4, 0.5) is 5.82 Å². The van der Waals surface area contributed by atoms with E-state index in [0.717, 1.165) is 30.3 Å². The molecule has 0 bridgehead atoms. The summed E-state index contributed by atoms with van der Waals surface area (Å²) in [7, 11) is 0. The van der Waals surface area contributed by atoms with Crippen LogP contribution >= 0.6 is 0 Å². The summed E-state index contributed by atoms with van der Waals surface area (Å²) in [6.45, 7) is 13.9. The maximum absolute atomic E-state index is 4.66. The van der Waals surface area contributed by atoms with Crippen molar-refractivity contribution >= 4 is 5.82 Å². The van der Waals surface area contributed by atoms with E-state index in [1.807, 2.05) is 0 Å². The maximum atomic E-state index is 4.66. The maximum Gasteiger partial charge on any atom is 0.136 e. The number of rotatable bonds is 4. The molecule has 0 saturated heterocycles. The monoisotopic (exact) mass is 235 g/mol. The van der Waals surface area contributed by atoms with Crippen molar-refractivity contribution in [2.45, 2.75) is 59.3 Å². The molecular formula is C14H25N3. The molecule has 0 aliphatic carbocycles. The molecule has 1 N–H and O–H groups in total. The molecule has 3 heteroatoms. The molecule has 0 aromatic carbocycles.